The summed E-state index contributed by atoms with van der Waals surface area (Å²) in [6, 6.07) is 2.59. The van der Waals surface area contributed by atoms with E-state index in [1.165, 1.54) is 17.5 Å². The van der Waals surface area contributed by atoms with E-state index in [1.807, 2.05) is 0 Å². The molecule has 0 aromatic carbocycles. The minimum Gasteiger partial charge on any atom is -0.259 e. The summed E-state index contributed by atoms with van der Waals surface area (Å²) < 4.78 is 36.8. The SMILES string of the molecule is O=[N+]([O-])C=C(c1cccs1)C(F)(F)F. The van der Waals surface area contributed by atoms with Crippen LogP contribution < -0.4 is 0 Å². The largest absolute Gasteiger partial charge is 0.423 e. The van der Waals surface area contributed by atoms with E-state index in [2.05, 4.69) is 0 Å². The molecule has 0 aliphatic carbocycles. The third kappa shape index (κ3) is 2.56. The number of hydrogen-bond donors (Lipinski definition) is 0. The number of alkyl halides is 3. The zero-order valence-corrected chi connectivity index (χ0v) is 7.43. The summed E-state index contributed by atoms with van der Waals surface area (Å²) in [6.07, 6.45) is -4.72. The Morgan fingerprint density at radius 3 is 2.57 bits per heavy atom. The molecule has 3 nitrogen and oxygen atoms in total. The maximum Gasteiger partial charge on any atom is 0.423 e. The van der Waals surface area contributed by atoms with E-state index in [0.717, 1.165) is 11.3 Å². The first-order valence-electron chi connectivity index (χ1n) is 3.37. The van der Waals surface area contributed by atoms with Crippen LogP contribution >= 0.6 is 11.3 Å². The number of nitro groups is 1. The summed E-state index contributed by atoms with van der Waals surface area (Å²) in [5.74, 6) is 0. The molecule has 76 valence electrons. The minimum absolute atomic E-state index is 0.0220. The molecule has 0 spiro atoms. The molecule has 0 N–H and O–H groups in total. The Labute approximate surface area is 80.6 Å². The number of halogens is 3. The predicted molar refractivity (Wildman–Crippen MR) is 45.3 cm³/mol. The second-order valence-electron chi connectivity index (χ2n) is 2.30. The monoisotopic (exact) mass is 223 g/mol. The van der Waals surface area contributed by atoms with Crippen molar-refractivity contribution in [1.82, 2.24) is 0 Å². The molecule has 1 heterocycles. The first-order valence-corrected chi connectivity index (χ1v) is 4.25. The Kier molecular flexibility index (Phi) is 2.90. The molecule has 0 radical (unpaired) electrons. The zero-order chi connectivity index (χ0) is 10.8. The highest BCUT2D eigenvalue weighted by Crippen LogP contribution is 2.35. The topological polar surface area (TPSA) is 43.1 Å². The summed E-state index contributed by atoms with van der Waals surface area (Å²) in [4.78, 5) is 8.72. The van der Waals surface area contributed by atoms with Crippen molar-refractivity contribution in [3.05, 3.63) is 38.7 Å². The van der Waals surface area contributed by atoms with E-state index in [4.69, 9.17) is 0 Å². The normalized spacial score (nSPS) is 12.9. The van der Waals surface area contributed by atoms with Crippen LogP contribution in [0.3, 0.4) is 0 Å². The van der Waals surface area contributed by atoms with Gasteiger partial charge in [0.15, 0.2) is 0 Å². The van der Waals surface area contributed by atoms with Crippen molar-refractivity contribution in [2.75, 3.05) is 0 Å². The van der Waals surface area contributed by atoms with Gasteiger partial charge in [0.05, 0.1) is 4.92 Å². The summed E-state index contributed by atoms with van der Waals surface area (Å²) in [6.45, 7) is 0. The standard InChI is InChI=1S/C7H4F3NO2S/c8-7(9,10)5(4-11(12)13)6-2-1-3-14-6/h1-4H. The van der Waals surface area contributed by atoms with Gasteiger partial charge in [-0.2, -0.15) is 13.2 Å². The van der Waals surface area contributed by atoms with Crippen molar-refractivity contribution in [3.63, 3.8) is 0 Å². The second kappa shape index (κ2) is 3.79. The lowest BCUT2D eigenvalue weighted by molar-refractivity contribution is -0.402. The molecule has 0 amide bonds. The number of thiophene rings is 1. The number of rotatable bonds is 2. The van der Waals surface area contributed by atoms with Gasteiger partial charge in [-0.3, -0.25) is 10.1 Å². The fraction of sp³-hybridized carbons (Fsp3) is 0.143. The van der Waals surface area contributed by atoms with Crippen LogP contribution in [0, 0.1) is 10.1 Å². The first kappa shape index (κ1) is 10.7. The predicted octanol–water partition coefficient (Wildman–Crippen LogP) is 2.93. The van der Waals surface area contributed by atoms with Crippen LogP contribution in [0.5, 0.6) is 0 Å². The van der Waals surface area contributed by atoms with Crippen molar-refractivity contribution >= 4 is 16.9 Å². The fourth-order valence-corrected chi connectivity index (χ4v) is 1.57. The lowest BCUT2D eigenvalue weighted by atomic mass is 10.2. The van der Waals surface area contributed by atoms with Crippen molar-refractivity contribution in [3.8, 4) is 0 Å². The summed E-state index contributed by atoms with van der Waals surface area (Å²) in [5, 5.41) is 11.4. The first-order chi connectivity index (χ1) is 6.41. The Bertz CT molecular complexity index is 356. The summed E-state index contributed by atoms with van der Waals surface area (Å²) in [5.41, 5.74) is -1.22. The Morgan fingerprint density at radius 1 is 1.57 bits per heavy atom. The molecule has 14 heavy (non-hydrogen) atoms. The van der Waals surface area contributed by atoms with Crippen LogP contribution in [-0.4, -0.2) is 11.1 Å². The maximum absolute atomic E-state index is 12.3. The molecule has 0 aliphatic rings. The third-order valence-electron chi connectivity index (χ3n) is 1.33. The molecule has 1 rings (SSSR count). The van der Waals surface area contributed by atoms with Crippen LogP contribution in [0.4, 0.5) is 13.2 Å². The van der Waals surface area contributed by atoms with Crippen LogP contribution in [0.25, 0.3) is 5.57 Å². The van der Waals surface area contributed by atoms with Crippen LogP contribution in [0.2, 0.25) is 0 Å². The maximum atomic E-state index is 12.3. The molecule has 0 aliphatic heterocycles. The van der Waals surface area contributed by atoms with Crippen molar-refractivity contribution < 1.29 is 18.1 Å². The van der Waals surface area contributed by atoms with Crippen molar-refractivity contribution in [2.24, 2.45) is 0 Å². The lowest BCUT2D eigenvalue weighted by Gasteiger charge is -2.06. The third-order valence-corrected chi connectivity index (χ3v) is 2.23. The molecule has 0 unspecified atom stereocenters. The van der Waals surface area contributed by atoms with Crippen LogP contribution in [-0.2, 0) is 0 Å². The molecule has 0 bridgehead atoms. The highest BCUT2D eigenvalue weighted by molar-refractivity contribution is 7.11. The van der Waals surface area contributed by atoms with Gasteiger partial charge < -0.3 is 0 Å². The number of hydrogen-bond acceptors (Lipinski definition) is 3. The van der Waals surface area contributed by atoms with E-state index in [1.54, 1.807) is 0 Å². The van der Waals surface area contributed by atoms with E-state index in [9.17, 15) is 23.3 Å². The molecule has 0 atom stereocenters. The van der Waals surface area contributed by atoms with Gasteiger partial charge in [-0.25, -0.2) is 0 Å². The van der Waals surface area contributed by atoms with E-state index < -0.39 is 16.7 Å². The highest BCUT2D eigenvalue weighted by Gasteiger charge is 2.38. The van der Waals surface area contributed by atoms with Gasteiger partial charge in [-0.15, -0.1) is 11.3 Å². The van der Waals surface area contributed by atoms with E-state index in [-0.39, 0.29) is 11.1 Å². The van der Waals surface area contributed by atoms with Gasteiger partial charge in [0.2, 0.25) is 6.20 Å². The summed E-state index contributed by atoms with van der Waals surface area (Å²) in [7, 11) is 0. The smallest absolute Gasteiger partial charge is 0.259 e. The van der Waals surface area contributed by atoms with Crippen molar-refractivity contribution in [1.29, 1.82) is 0 Å². The lowest BCUT2D eigenvalue weighted by Crippen LogP contribution is -2.11. The van der Waals surface area contributed by atoms with Gasteiger partial charge in [-0.1, -0.05) is 6.07 Å². The Morgan fingerprint density at radius 2 is 2.21 bits per heavy atom. The summed E-state index contributed by atoms with van der Waals surface area (Å²) >= 11 is 0.807. The molecule has 1 aromatic heterocycles. The molecule has 0 saturated heterocycles. The molecule has 0 fully saturated rings. The number of allylic oxidation sites excluding steroid dienone is 1. The van der Waals surface area contributed by atoms with Gasteiger partial charge in [0.1, 0.15) is 5.57 Å². The Hall–Kier alpha value is -1.37. The van der Waals surface area contributed by atoms with Gasteiger partial charge in [-0.05, 0) is 11.4 Å². The molecule has 0 saturated carbocycles. The molecular weight excluding hydrogens is 219 g/mol. The number of nitrogens with zero attached hydrogens (tertiary/aromatic N) is 1. The fourth-order valence-electron chi connectivity index (χ4n) is 0.814. The van der Waals surface area contributed by atoms with Gasteiger partial charge in [0.25, 0.3) is 0 Å². The highest BCUT2D eigenvalue weighted by atomic mass is 32.1. The minimum atomic E-state index is -4.70. The average molecular weight is 223 g/mol. The average Bonchev–Trinajstić information content (AvgIpc) is 2.49. The van der Waals surface area contributed by atoms with E-state index >= 15 is 0 Å². The Balaban J connectivity index is 3.14. The molecule has 1 aromatic rings. The zero-order valence-electron chi connectivity index (χ0n) is 6.62. The molecular formula is C7H4F3NO2S. The van der Waals surface area contributed by atoms with Crippen molar-refractivity contribution in [2.45, 2.75) is 6.18 Å². The van der Waals surface area contributed by atoms with Crippen LogP contribution in [0.15, 0.2) is 23.7 Å². The quantitative estimate of drug-likeness (QED) is 0.571. The van der Waals surface area contributed by atoms with Crippen LogP contribution in [0.1, 0.15) is 4.88 Å². The van der Waals surface area contributed by atoms with Gasteiger partial charge >= 0.3 is 6.18 Å². The second-order valence-corrected chi connectivity index (χ2v) is 3.25. The van der Waals surface area contributed by atoms with E-state index in [0.29, 0.717) is 0 Å². The molecule has 7 heteroatoms. The van der Waals surface area contributed by atoms with Gasteiger partial charge in [0, 0.05) is 4.88 Å².